The Morgan fingerprint density at radius 2 is 1.81 bits per heavy atom. The van der Waals surface area contributed by atoms with E-state index < -0.39 is 9.84 Å². The molecule has 2 aromatic rings. The van der Waals surface area contributed by atoms with Gasteiger partial charge in [0.1, 0.15) is 0 Å². The minimum absolute atomic E-state index is 0.147. The van der Waals surface area contributed by atoms with E-state index in [9.17, 15) is 13.2 Å². The van der Waals surface area contributed by atoms with Gasteiger partial charge in [0.25, 0.3) is 5.91 Å². The van der Waals surface area contributed by atoms with Gasteiger partial charge in [0.05, 0.1) is 4.90 Å². The molecule has 3 rings (SSSR count). The summed E-state index contributed by atoms with van der Waals surface area (Å²) >= 11 is 1.98. The summed E-state index contributed by atoms with van der Waals surface area (Å²) in [6, 6.07) is 14.3. The zero-order chi connectivity index (χ0) is 18.6. The number of rotatable bonds is 5. The van der Waals surface area contributed by atoms with Crippen molar-refractivity contribution in [3.8, 4) is 0 Å². The van der Waals surface area contributed by atoms with Gasteiger partial charge >= 0.3 is 0 Å². The van der Waals surface area contributed by atoms with Gasteiger partial charge in [0.2, 0.25) is 0 Å². The van der Waals surface area contributed by atoms with E-state index in [0.717, 1.165) is 36.4 Å². The van der Waals surface area contributed by atoms with Gasteiger partial charge in [0, 0.05) is 48.6 Å². The van der Waals surface area contributed by atoms with Crippen LogP contribution in [0.2, 0.25) is 0 Å². The van der Waals surface area contributed by atoms with Crippen LogP contribution in [0.4, 0.5) is 5.69 Å². The maximum Gasteiger partial charge on any atom is 0.251 e. The number of anilines is 1. The zero-order valence-electron chi connectivity index (χ0n) is 14.6. The quantitative estimate of drug-likeness (QED) is 0.850. The van der Waals surface area contributed by atoms with E-state index in [-0.39, 0.29) is 10.8 Å². The normalized spacial score (nSPS) is 14.9. The van der Waals surface area contributed by atoms with E-state index in [2.05, 4.69) is 22.3 Å². The first-order valence-electron chi connectivity index (χ1n) is 8.43. The lowest BCUT2D eigenvalue weighted by Gasteiger charge is -2.28. The summed E-state index contributed by atoms with van der Waals surface area (Å²) in [7, 11) is -3.33. The minimum Gasteiger partial charge on any atom is -0.370 e. The van der Waals surface area contributed by atoms with Crippen molar-refractivity contribution in [2.75, 3.05) is 35.8 Å². The first-order chi connectivity index (χ1) is 12.4. The molecule has 1 amide bonds. The van der Waals surface area contributed by atoms with Crippen LogP contribution < -0.4 is 10.2 Å². The number of nitrogens with one attached hydrogen (secondary N) is 1. The molecule has 0 aromatic heterocycles. The highest BCUT2D eigenvalue weighted by Gasteiger charge is 2.13. The summed E-state index contributed by atoms with van der Waals surface area (Å²) < 4.78 is 23.2. The fraction of sp³-hybridized carbons (Fsp3) is 0.316. The molecule has 26 heavy (non-hydrogen) atoms. The summed E-state index contributed by atoms with van der Waals surface area (Å²) in [6.45, 7) is 2.53. The van der Waals surface area contributed by atoms with Crippen molar-refractivity contribution < 1.29 is 13.2 Å². The average molecular weight is 391 g/mol. The average Bonchev–Trinajstić information content (AvgIpc) is 2.66. The molecule has 1 heterocycles. The van der Waals surface area contributed by atoms with Crippen molar-refractivity contribution in [1.82, 2.24) is 5.32 Å². The minimum atomic E-state index is -3.33. The molecule has 1 fully saturated rings. The van der Waals surface area contributed by atoms with Gasteiger partial charge in [-0.15, -0.1) is 0 Å². The number of amides is 1. The summed E-state index contributed by atoms with van der Waals surface area (Å²) in [5, 5.41) is 2.84. The molecule has 1 saturated heterocycles. The second-order valence-electron chi connectivity index (χ2n) is 6.25. The van der Waals surface area contributed by atoms with Gasteiger partial charge in [-0.05, 0) is 35.9 Å². The first-order valence-corrected chi connectivity index (χ1v) is 11.5. The number of benzene rings is 2. The third-order valence-corrected chi connectivity index (χ3v) is 6.34. The predicted molar refractivity (Wildman–Crippen MR) is 107 cm³/mol. The molecule has 0 bridgehead atoms. The number of hydrogen-bond donors (Lipinski definition) is 1. The van der Waals surface area contributed by atoms with Gasteiger partial charge in [0.15, 0.2) is 9.84 Å². The molecular formula is C19H22N2O3S2. The van der Waals surface area contributed by atoms with Gasteiger partial charge in [-0.2, -0.15) is 11.8 Å². The Balaban J connectivity index is 1.61. The van der Waals surface area contributed by atoms with E-state index in [4.69, 9.17) is 0 Å². The second-order valence-corrected chi connectivity index (χ2v) is 9.49. The fourth-order valence-corrected chi connectivity index (χ4v) is 4.37. The molecule has 0 aliphatic carbocycles. The van der Waals surface area contributed by atoms with E-state index >= 15 is 0 Å². The van der Waals surface area contributed by atoms with E-state index in [0.29, 0.717) is 12.1 Å². The van der Waals surface area contributed by atoms with Crippen LogP contribution in [-0.4, -0.2) is 45.2 Å². The Hall–Kier alpha value is -1.99. The van der Waals surface area contributed by atoms with Crippen LogP contribution in [0.1, 0.15) is 15.9 Å². The molecule has 1 aliphatic heterocycles. The number of nitrogens with zero attached hydrogens (tertiary/aromatic N) is 1. The lowest BCUT2D eigenvalue weighted by atomic mass is 10.1. The molecular weight excluding hydrogens is 368 g/mol. The van der Waals surface area contributed by atoms with Crippen LogP contribution in [0.5, 0.6) is 0 Å². The summed E-state index contributed by atoms with van der Waals surface area (Å²) in [5.74, 6) is 2.03. The van der Waals surface area contributed by atoms with Crippen LogP contribution in [0.15, 0.2) is 53.4 Å². The maximum absolute atomic E-state index is 12.3. The largest absolute Gasteiger partial charge is 0.370 e. The zero-order valence-corrected chi connectivity index (χ0v) is 16.3. The van der Waals surface area contributed by atoms with Gasteiger partial charge in [-0.25, -0.2) is 8.42 Å². The molecule has 1 aliphatic rings. The lowest BCUT2D eigenvalue weighted by molar-refractivity contribution is 0.0950. The van der Waals surface area contributed by atoms with Crippen LogP contribution in [0, 0.1) is 0 Å². The van der Waals surface area contributed by atoms with Crippen molar-refractivity contribution in [1.29, 1.82) is 0 Å². The van der Waals surface area contributed by atoms with Crippen molar-refractivity contribution >= 4 is 33.2 Å². The monoisotopic (exact) mass is 390 g/mol. The summed E-state index contributed by atoms with van der Waals surface area (Å²) in [4.78, 5) is 14.8. The van der Waals surface area contributed by atoms with Gasteiger partial charge in [-0.1, -0.05) is 18.2 Å². The molecule has 0 atom stereocenters. The Morgan fingerprint density at radius 1 is 1.12 bits per heavy atom. The Labute approximate surface area is 158 Å². The highest BCUT2D eigenvalue weighted by atomic mass is 32.2. The lowest BCUT2D eigenvalue weighted by Crippen LogP contribution is -2.32. The predicted octanol–water partition coefficient (Wildman–Crippen LogP) is 2.57. The molecule has 0 unspecified atom stereocenters. The van der Waals surface area contributed by atoms with E-state index in [1.807, 2.05) is 23.9 Å². The van der Waals surface area contributed by atoms with Crippen molar-refractivity contribution in [2.24, 2.45) is 0 Å². The third kappa shape index (κ3) is 4.80. The number of sulfone groups is 1. The molecule has 0 radical (unpaired) electrons. The number of hydrogen-bond acceptors (Lipinski definition) is 5. The van der Waals surface area contributed by atoms with Gasteiger partial charge < -0.3 is 10.2 Å². The van der Waals surface area contributed by atoms with E-state index in [1.165, 1.54) is 17.8 Å². The highest BCUT2D eigenvalue weighted by molar-refractivity contribution is 7.99. The fourth-order valence-electron chi connectivity index (χ4n) is 2.80. The second kappa shape index (κ2) is 8.14. The molecule has 7 heteroatoms. The SMILES string of the molecule is CS(=O)(=O)c1cccc(C(=O)NCc2ccc(N3CCSCC3)cc2)c1. The number of thioether (sulfide) groups is 1. The number of carbonyl (C=O) groups is 1. The highest BCUT2D eigenvalue weighted by Crippen LogP contribution is 2.20. The topological polar surface area (TPSA) is 66.5 Å². The maximum atomic E-state index is 12.3. The van der Waals surface area contributed by atoms with Crippen LogP contribution in [-0.2, 0) is 16.4 Å². The van der Waals surface area contributed by atoms with Crippen molar-refractivity contribution in [3.63, 3.8) is 0 Å². The molecule has 2 aromatic carbocycles. The molecule has 0 saturated carbocycles. The molecule has 5 nitrogen and oxygen atoms in total. The number of carbonyl (C=O) groups excluding carboxylic acids is 1. The van der Waals surface area contributed by atoms with Crippen molar-refractivity contribution in [2.45, 2.75) is 11.4 Å². The summed E-state index contributed by atoms with van der Waals surface area (Å²) in [6.07, 6.45) is 1.13. The standard InChI is InChI=1S/C19H22N2O3S2/c1-26(23,24)18-4-2-3-16(13-18)19(22)20-14-15-5-7-17(8-6-15)21-9-11-25-12-10-21/h2-8,13H,9-12,14H2,1H3,(H,20,22). The summed E-state index contributed by atoms with van der Waals surface area (Å²) in [5.41, 5.74) is 2.56. The van der Waals surface area contributed by atoms with E-state index in [1.54, 1.807) is 12.1 Å². The first kappa shape index (κ1) is 18.8. The molecule has 0 spiro atoms. The van der Waals surface area contributed by atoms with Crippen LogP contribution in [0.25, 0.3) is 0 Å². The Kier molecular flexibility index (Phi) is 5.88. The molecule has 1 N–H and O–H groups in total. The Morgan fingerprint density at radius 3 is 2.46 bits per heavy atom. The smallest absolute Gasteiger partial charge is 0.251 e. The Bertz CT molecular complexity index is 874. The third-order valence-electron chi connectivity index (χ3n) is 4.29. The van der Waals surface area contributed by atoms with Gasteiger partial charge in [-0.3, -0.25) is 4.79 Å². The molecule has 138 valence electrons. The van der Waals surface area contributed by atoms with Crippen LogP contribution in [0.3, 0.4) is 0 Å². The van der Waals surface area contributed by atoms with Crippen LogP contribution >= 0.6 is 11.8 Å². The van der Waals surface area contributed by atoms with Crippen molar-refractivity contribution in [3.05, 3.63) is 59.7 Å².